The number of methoxy groups -OCH3 is 1. The Balaban J connectivity index is 2.04. The molecule has 2 rings (SSSR count). The quantitative estimate of drug-likeness (QED) is 0.837. The largest absolute Gasteiger partial charge is 0.371 e. The summed E-state index contributed by atoms with van der Waals surface area (Å²) in [4.78, 5) is 14.2. The number of amides is 1. The van der Waals surface area contributed by atoms with Crippen LogP contribution >= 0.6 is 0 Å². The van der Waals surface area contributed by atoms with E-state index in [4.69, 9.17) is 10.5 Å². The van der Waals surface area contributed by atoms with Gasteiger partial charge < -0.3 is 20.7 Å². The molecule has 3 N–H and O–H groups in total. The van der Waals surface area contributed by atoms with Gasteiger partial charge >= 0.3 is 0 Å². The maximum absolute atomic E-state index is 11.9. The molecule has 1 unspecified atom stereocenters. The molecule has 1 amide bonds. The van der Waals surface area contributed by atoms with Gasteiger partial charge in [0.15, 0.2) is 0 Å². The van der Waals surface area contributed by atoms with Crippen molar-refractivity contribution in [3.05, 3.63) is 24.3 Å². The summed E-state index contributed by atoms with van der Waals surface area (Å²) in [5, 5.41) is 2.84. The van der Waals surface area contributed by atoms with Gasteiger partial charge in [0.1, 0.15) is 6.10 Å². The number of carbonyl (C=O) groups is 1. The fourth-order valence-electron chi connectivity index (χ4n) is 2.29. The molecule has 1 aromatic carbocycles. The highest BCUT2D eigenvalue weighted by Crippen LogP contribution is 2.23. The number of rotatable bonds is 5. The number of carbonyl (C=O) groups excluding carboxylic acids is 1. The average Bonchev–Trinajstić information content (AvgIpc) is 2.94. The summed E-state index contributed by atoms with van der Waals surface area (Å²) in [6.07, 6.45) is 1.86. The van der Waals surface area contributed by atoms with E-state index >= 15 is 0 Å². The maximum Gasteiger partial charge on any atom is 0.254 e. The monoisotopic (exact) mass is 263 g/mol. The van der Waals surface area contributed by atoms with Crippen LogP contribution in [0.2, 0.25) is 0 Å². The Labute approximate surface area is 113 Å². The Kier molecular flexibility index (Phi) is 4.76. The van der Waals surface area contributed by atoms with E-state index in [0.717, 1.165) is 24.5 Å². The first-order valence-corrected chi connectivity index (χ1v) is 6.63. The highest BCUT2D eigenvalue weighted by atomic mass is 16.5. The fraction of sp³-hybridized carbons (Fsp3) is 0.500. The molecule has 0 radical (unpaired) electrons. The van der Waals surface area contributed by atoms with Crippen LogP contribution in [-0.4, -0.2) is 38.8 Å². The lowest BCUT2D eigenvalue weighted by Crippen LogP contribution is -2.35. The number of nitrogens with zero attached hydrogens (tertiary/aromatic N) is 1. The molecular weight excluding hydrogens is 242 g/mol. The van der Waals surface area contributed by atoms with Crippen LogP contribution in [-0.2, 0) is 9.53 Å². The van der Waals surface area contributed by atoms with Crippen LogP contribution in [0.4, 0.5) is 11.4 Å². The third-order valence-corrected chi connectivity index (χ3v) is 3.38. The molecule has 104 valence electrons. The van der Waals surface area contributed by atoms with Crippen LogP contribution < -0.4 is 16.0 Å². The summed E-state index contributed by atoms with van der Waals surface area (Å²) in [7, 11) is 1.48. The zero-order valence-electron chi connectivity index (χ0n) is 11.3. The second kappa shape index (κ2) is 6.54. The van der Waals surface area contributed by atoms with Crippen molar-refractivity contribution in [2.45, 2.75) is 18.9 Å². The van der Waals surface area contributed by atoms with Crippen molar-refractivity contribution < 1.29 is 9.53 Å². The lowest BCUT2D eigenvalue weighted by atomic mass is 10.2. The molecule has 5 heteroatoms. The van der Waals surface area contributed by atoms with Gasteiger partial charge in [-0.05, 0) is 31.0 Å². The minimum absolute atomic E-state index is 0.175. The Morgan fingerprint density at radius 2 is 2.21 bits per heavy atom. The van der Waals surface area contributed by atoms with Crippen molar-refractivity contribution in [1.29, 1.82) is 0 Å². The number of benzene rings is 1. The number of ether oxygens (including phenoxy) is 1. The number of nitrogens with one attached hydrogen (secondary N) is 1. The van der Waals surface area contributed by atoms with Crippen molar-refractivity contribution in [3.63, 3.8) is 0 Å². The highest BCUT2D eigenvalue weighted by molar-refractivity contribution is 5.94. The molecule has 1 atom stereocenters. The first-order chi connectivity index (χ1) is 9.24. The third kappa shape index (κ3) is 3.45. The van der Waals surface area contributed by atoms with E-state index in [1.807, 2.05) is 18.2 Å². The summed E-state index contributed by atoms with van der Waals surface area (Å²) >= 11 is 0. The minimum Gasteiger partial charge on any atom is -0.371 e. The van der Waals surface area contributed by atoms with Gasteiger partial charge in [-0.25, -0.2) is 0 Å². The molecule has 1 heterocycles. The average molecular weight is 263 g/mol. The van der Waals surface area contributed by atoms with Crippen LogP contribution in [0.5, 0.6) is 0 Å². The molecule has 1 fully saturated rings. The summed E-state index contributed by atoms with van der Waals surface area (Å²) in [5.41, 5.74) is 7.41. The molecule has 0 bridgehead atoms. The van der Waals surface area contributed by atoms with Gasteiger partial charge in [-0.3, -0.25) is 4.79 Å². The normalized spacial score (nSPS) is 16.4. The predicted molar refractivity (Wildman–Crippen MR) is 76.4 cm³/mol. The highest BCUT2D eigenvalue weighted by Gasteiger charge is 2.17. The van der Waals surface area contributed by atoms with Crippen LogP contribution in [0.1, 0.15) is 12.8 Å². The van der Waals surface area contributed by atoms with E-state index in [1.54, 1.807) is 0 Å². The minimum atomic E-state index is -0.601. The third-order valence-electron chi connectivity index (χ3n) is 3.38. The van der Waals surface area contributed by atoms with E-state index in [-0.39, 0.29) is 12.5 Å². The molecular formula is C14H21N3O2. The van der Waals surface area contributed by atoms with Crippen LogP contribution in [0, 0.1) is 0 Å². The smallest absolute Gasteiger partial charge is 0.254 e. The van der Waals surface area contributed by atoms with E-state index in [9.17, 15) is 4.79 Å². The summed E-state index contributed by atoms with van der Waals surface area (Å²) in [6.45, 7) is 2.34. The van der Waals surface area contributed by atoms with Crippen molar-refractivity contribution >= 4 is 17.3 Å². The SMILES string of the molecule is COC(CN)C(=O)Nc1cccc(N2CCCC2)c1. The molecule has 1 aliphatic rings. The van der Waals surface area contributed by atoms with Gasteiger partial charge in [0, 0.05) is 38.1 Å². The van der Waals surface area contributed by atoms with Gasteiger partial charge in [-0.1, -0.05) is 6.07 Å². The Bertz CT molecular complexity index is 426. The Hall–Kier alpha value is -1.59. The second-order valence-electron chi connectivity index (χ2n) is 4.69. The molecule has 19 heavy (non-hydrogen) atoms. The molecule has 1 aliphatic heterocycles. The fourth-order valence-corrected chi connectivity index (χ4v) is 2.29. The Morgan fingerprint density at radius 3 is 2.84 bits per heavy atom. The molecule has 1 saturated heterocycles. The van der Waals surface area contributed by atoms with E-state index in [0.29, 0.717) is 0 Å². The predicted octanol–water partition coefficient (Wildman–Crippen LogP) is 1.20. The Morgan fingerprint density at radius 1 is 1.47 bits per heavy atom. The lowest BCUT2D eigenvalue weighted by molar-refractivity contribution is -0.125. The van der Waals surface area contributed by atoms with Crippen LogP contribution in [0.3, 0.4) is 0 Å². The van der Waals surface area contributed by atoms with Gasteiger partial charge in [0.2, 0.25) is 0 Å². The lowest BCUT2D eigenvalue weighted by Gasteiger charge is -2.19. The van der Waals surface area contributed by atoms with Crippen molar-refractivity contribution in [1.82, 2.24) is 0 Å². The summed E-state index contributed by atoms with van der Waals surface area (Å²) in [5.74, 6) is -0.205. The standard InChI is InChI=1S/C14H21N3O2/c1-19-13(10-15)14(18)16-11-5-4-6-12(9-11)17-7-2-3-8-17/h4-6,9,13H,2-3,7-8,10,15H2,1H3,(H,16,18). The number of hydrogen-bond acceptors (Lipinski definition) is 4. The van der Waals surface area contributed by atoms with Gasteiger partial charge in [0.05, 0.1) is 0 Å². The van der Waals surface area contributed by atoms with Crippen molar-refractivity contribution in [2.75, 3.05) is 37.0 Å². The first-order valence-electron chi connectivity index (χ1n) is 6.63. The molecule has 0 spiro atoms. The molecule has 5 nitrogen and oxygen atoms in total. The topological polar surface area (TPSA) is 67.6 Å². The van der Waals surface area contributed by atoms with Crippen molar-refractivity contribution in [2.24, 2.45) is 5.73 Å². The molecule has 1 aromatic rings. The maximum atomic E-state index is 11.9. The molecule has 0 aromatic heterocycles. The molecule has 0 aliphatic carbocycles. The van der Waals surface area contributed by atoms with Gasteiger partial charge in [-0.2, -0.15) is 0 Å². The second-order valence-corrected chi connectivity index (χ2v) is 4.69. The zero-order valence-corrected chi connectivity index (χ0v) is 11.3. The zero-order chi connectivity index (χ0) is 13.7. The van der Waals surface area contributed by atoms with E-state index in [1.165, 1.54) is 20.0 Å². The molecule has 0 saturated carbocycles. The van der Waals surface area contributed by atoms with Gasteiger partial charge in [0.25, 0.3) is 5.91 Å². The first kappa shape index (κ1) is 13.8. The summed E-state index contributed by atoms with van der Waals surface area (Å²) in [6, 6.07) is 7.89. The van der Waals surface area contributed by atoms with Crippen LogP contribution in [0.15, 0.2) is 24.3 Å². The van der Waals surface area contributed by atoms with E-state index < -0.39 is 6.10 Å². The van der Waals surface area contributed by atoms with Crippen LogP contribution in [0.25, 0.3) is 0 Å². The van der Waals surface area contributed by atoms with Gasteiger partial charge in [-0.15, -0.1) is 0 Å². The number of nitrogens with two attached hydrogens (primary N) is 1. The number of hydrogen-bond donors (Lipinski definition) is 2. The van der Waals surface area contributed by atoms with Crippen molar-refractivity contribution in [3.8, 4) is 0 Å². The number of anilines is 2. The van der Waals surface area contributed by atoms with E-state index in [2.05, 4.69) is 16.3 Å². The summed E-state index contributed by atoms with van der Waals surface area (Å²) < 4.78 is 5.02.